The molecule has 5 rings (SSSR count). The molecule has 17 nitrogen and oxygen atoms in total. The highest BCUT2D eigenvalue weighted by Gasteiger charge is 2.34. The van der Waals surface area contributed by atoms with Crippen LogP contribution in [0, 0.1) is 5.92 Å². The van der Waals surface area contributed by atoms with Gasteiger partial charge in [0.15, 0.2) is 5.76 Å². The number of carboxylic acids is 1. The first-order valence-corrected chi connectivity index (χ1v) is 21.9. The third-order valence-corrected chi connectivity index (χ3v) is 10.9. The molecule has 0 bridgehead atoms. The van der Waals surface area contributed by atoms with E-state index in [0.29, 0.717) is 36.8 Å². The summed E-state index contributed by atoms with van der Waals surface area (Å²) < 4.78 is 16.9. The highest BCUT2D eigenvalue weighted by Crippen LogP contribution is 2.30. The Morgan fingerprint density at radius 2 is 1.65 bits per heavy atom. The number of rotatable bonds is 25. The molecule has 1 aliphatic rings. The predicted octanol–water partition coefficient (Wildman–Crippen LogP) is 6.27. The number of anilines is 1. The third kappa shape index (κ3) is 13.9. The van der Waals surface area contributed by atoms with E-state index in [1.54, 1.807) is 62.4 Å². The van der Waals surface area contributed by atoms with Crippen molar-refractivity contribution in [1.29, 1.82) is 0 Å². The lowest BCUT2D eigenvalue weighted by Crippen LogP contribution is -2.49. The summed E-state index contributed by atoms with van der Waals surface area (Å²) in [6.07, 6.45) is 4.94. The number of carbonyl (C=O) groups excluding carboxylic acids is 6. The van der Waals surface area contributed by atoms with Gasteiger partial charge in [-0.05, 0) is 80.6 Å². The van der Waals surface area contributed by atoms with Crippen molar-refractivity contribution in [3.63, 3.8) is 0 Å². The van der Waals surface area contributed by atoms with Crippen LogP contribution >= 0.6 is 0 Å². The third-order valence-electron chi connectivity index (χ3n) is 10.9. The molecule has 4 aromatic rings. The minimum absolute atomic E-state index is 0.0116. The van der Waals surface area contributed by atoms with Crippen molar-refractivity contribution in [2.45, 2.75) is 90.8 Å². The van der Waals surface area contributed by atoms with E-state index >= 15 is 0 Å². The minimum Gasteiger partial charge on any atom is -0.493 e. The zero-order valence-corrected chi connectivity index (χ0v) is 36.9. The van der Waals surface area contributed by atoms with Crippen LogP contribution in [0.2, 0.25) is 0 Å². The summed E-state index contributed by atoms with van der Waals surface area (Å²) >= 11 is 0. The van der Waals surface area contributed by atoms with Crippen LogP contribution in [0.15, 0.2) is 89.3 Å². The maximum Gasteiger partial charge on any atom is 0.363 e. The van der Waals surface area contributed by atoms with Crippen molar-refractivity contribution < 1.29 is 57.4 Å². The summed E-state index contributed by atoms with van der Waals surface area (Å²) in [7, 11) is 0. The molecule has 2 heterocycles. The number of nitrogens with one attached hydrogen (secondary N) is 3. The zero-order valence-electron chi connectivity index (χ0n) is 36.9. The zero-order chi connectivity index (χ0) is 46.7. The fourth-order valence-electron chi connectivity index (χ4n) is 7.49. The molecule has 1 aliphatic heterocycles. The molecule has 0 aliphatic carbocycles. The molecule has 1 fully saturated rings. The fraction of sp³-hybridized carbons (Fsp3) is 0.396. The van der Waals surface area contributed by atoms with E-state index < -0.39 is 60.1 Å². The number of carboxylic acid groups (broad SMARTS) is 1. The van der Waals surface area contributed by atoms with Gasteiger partial charge in [0.25, 0.3) is 11.8 Å². The molecule has 17 heteroatoms. The fourth-order valence-corrected chi connectivity index (χ4v) is 7.49. The van der Waals surface area contributed by atoms with Crippen LogP contribution in [0.1, 0.15) is 109 Å². The maximum absolute atomic E-state index is 13.7. The van der Waals surface area contributed by atoms with E-state index in [1.165, 1.54) is 30.3 Å². The second-order valence-corrected chi connectivity index (χ2v) is 15.4. The molecule has 3 atom stereocenters. The molecular weight excluding hydrogens is 839 g/mol. The van der Waals surface area contributed by atoms with E-state index in [9.17, 15) is 38.7 Å². The van der Waals surface area contributed by atoms with Gasteiger partial charge in [0, 0.05) is 24.3 Å². The van der Waals surface area contributed by atoms with Gasteiger partial charge in [-0.2, -0.15) is 5.06 Å². The van der Waals surface area contributed by atoms with Gasteiger partial charge in [0.2, 0.25) is 12.3 Å². The molecule has 1 aromatic heterocycles. The van der Waals surface area contributed by atoms with Gasteiger partial charge in [-0.15, -0.1) is 0 Å². The highest BCUT2D eigenvalue weighted by molar-refractivity contribution is 6.00. The summed E-state index contributed by atoms with van der Waals surface area (Å²) in [6, 6.07) is 21.0. The van der Waals surface area contributed by atoms with Crippen molar-refractivity contribution in [3.8, 4) is 17.1 Å². The van der Waals surface area contributed by atoms with Crippen LogP contribution in [0.4, 0.5) is 5.69 Å². The summed E-state index contributed by atoms with van der Waals surface area (Å²) in [4.78, 5) is 98.3. The lowest BCUT2D eigenvalue weighted by atomic mass is 9.90. The number of unbranched alkanes of at least 4 members (excludes halogenated alkanes) is 2. The average molecular weight is 896 g/mol. The van der Waals surface area contributed by atoms with Crippen LogP contribution in [0.5, 0.6) is 5.75 Å². The molecular formula is C48H57N5O12. The molecule has 346 valence electrons. The predicted molar refractivity (Wildman–Crippen MR) is 238 cm³/mol. The summed E-state index contributed by atoms with van der Waals surface area (Å²) in [6.45, 7) is 7.08. The smallest absolute Gasteiger partial charge is 0.363 e. The Labute approximate surface area is 377 Å². The van der Waals surface area contributed by atoms with Gasteiger partial charge in [-0.3, -0.25) is 24.0 Å². The Kier molecular flexibility index (Phi) is 18.5. The number of nitrogens with zero attached hydrogens (tertiary/aromatic N) is 2. The van der Waals surface area contributed by atoms with Crippen molar-refractivity contribution in [2.24, 2.45) is 5.92 Å². The van der Waals surface area contributed by atoms with Crippen LogP contribution < -0.4 is 25.6 Å². The van der Waals surface area contributed by atoms with Gasteiger partial charge >= 0.3 is 17.9 Å². The van der Waals surface area contributed by atoms with E-state index in [0.717, 1.165) is 49.5 Å². The number of furan rings is 1. The van der Waals surface area contributed by atoms with Crippen LogP contribution in [0.25, 0.3) is 11.3 Å². The van der Waals surface area contributed by atoms with Crippen molar-refractivity contribution >= 4 is 47.7 Å². The Morgan fingerprint density at radius 1 is 0.877 bits per heavy atom. The Balaban J connectivity index is 1.20. The maximum atomic E-state index is 13.7. The number of ether oxygens (including phenoxy) is 2. The standard InChI is InChI=1S/C48H57N5O12/c1-4-7-9-19-36(39(5-2)53(31-54)65-47(60)34-17-14-18-35(26-34)52-24-12-13-25-52)44(57)49-30-50-46(59)41-23-22-40(64-41)33-20-21-37(42(27-33)62-6-3)45(58)51-38(28-43(55)56)48(61)63-29-32-15-10-8-11-16-32/h8,10-11,14-18,20-23,26-27,31,36,38-39H,4-7,9,12-13,19,24-25,28-30H2,1-3H3,(H,49,57)(H,50,59)(H,51,58)(H,55,56)/t36?,38-,39?/m0/s1. The number of hydroxylamine groups is 2. The average Bonchev–Trinajstić information content (AvgIpc) is 4.05. The molecule has 4 amide bonds. The normalized spacial score (nSPS) is 13.4. The summed E-state index contributed by atoms with van der Waals surface area (Å²) in [5.41, 5.74) is 2.30. The van der Waals surface area contributed by atoms with Crippen LogP contribution in [-0.2, 0) is 35.4 Å². The SMILES string of the molecule is CCCCCC(C(=O)NCNC(=O)c1ccc(-c2ccc(C(=O)N[C@@H](CC(=O)O)C(=O)OCc3ccccc3)c(OCC)c2)o1)C(CC)N(C=O)OC(=O)c1cccc(N2CCCC2)c1. The first-order chi connectivity index (χ1) is 31.5. The Bertz CT molecular complexity index is 2260. The van der Waals surface area contributed by atoms with E-state index in [2.05, 4.69) is 20.9 Å². The van der Waals surface area contributed by atoms with E-state index in [1.807, 2.05) is 13.0 Å². The first kappa shape index (κ1) is 48.9. The lowest BCUT2D eigenvalue weighted by molar-refractivity contribution is -0.171. The van der Waals surface area contributed by atoms with Gasteiger partial charge in [-0.25, -0.2) is 9.59 Å². The monoisotopic (exact) mass is 895 g/mol. The summed E-state index contributed by atoms with van der Waals surface area (Å²) in [5, 5.41) is 18.2. The molecule has 0 radical (unpaired) electrons. The second kappa shape index (κ2) is 24.6. The number of carbonyl (C=O) groups is 7. The number of aliphatic carboxylic acids is 1. The van der Waals surface area contributed by atoms with Gasteiger partial charge in [-0.1, -0.05) is 75.6 Å². The molecule has 0 saturated carbocycles. The quantitative estimate of drug-likeness (QED) is 0.0190. The largest absolute Gasteiger partial charge is 0.493 e. The molecule has 0 spiro atoms. The van der Waals surface area contributed by atoms with Gasteiger partial charge in [0.05, 0.1) is 42.8 Å². The molecule has 3 aromatic carbocycles. The second-order valence-electron chi connectivity index (χ2n) is 15.4. The molecule has 65 heavy (non-hydrogen) atoms. The van der Waals surface area contributed by atoms with Gasteiger partial charge in [0.1, 0.15) is 24.2 Å². The first-order valence-electron chi connectivity index (χ1n) is 21.9. The number of benzene rings is 3. The molecule has 2 unspecified atom stereocenters. The van der Waals surface area contributed by atoms with Crippen molar-refractivity contribution in [2.75, 3.05) is 31.3 Å². The number of hydrogen-bond donors (Lipinski definition) is 4. The van der Waals surface area contributed by atoms with Crippen LogP contribution in [-0.4, -0.2) is 90.7 Å². The van der Waals surface area contributed by atoms with Gasteiger partial charge < -0.3 is 44.7 Å². The number of esters is 1. The lowest BCUT2D eigenvalue weighted by Gasteiger charge is -2.32. The molecule has 4 N–H and O–H groups in total. The molecule has 1 saturated heterocycles. The van der Waals surface area contributed by atoms with E-state index in [-0.39, 0.29) is 48.3 Å². The summed E-state index contributed by atoms with van der Waals surface area (Å²) in [5.74, 6) is -5.33. The minimum atomic E-state index is -1.49. The van der Waals surface area contributed by atoms with E-state index in [4.69, 9.17) is 18.7 Å². The number of amides is 4. The van der Waals surface area contributed by atoms with Crippen molar-refractivity contribution in [1.82, 2.24) is 21.0 Å². The highest BCUT2D eigenvalue weighted by atomic mass is 16.7. The topological polar surface area (TPSA) is 223 Å². The van der Waals surface area contributed by atoms with Crippen molar-refractivity contribution in [3.05, 3.63) is 107 Å². The van der Waals surface area contributed by atoms with Crippen LogP contribution in [0.3, 0.4) is 0 Å². The Morgan fingerprint density at radius 3 is 2.34 bits per heavy atom. The number of hydrogen-bond acceptors (Lipinski definition) is 12. The Hall–Kier alpha value is -7.17.